The van der Waals surface area contributed by atoms with Gasteiger partial charge in [0, 0.05) is 37.0 Å². The van der Waals surface area contributed by atoms with Gasteiger partial charge in [-0.15, -0.1) is 0 Å². The summed E-state index contributed by atoms with van der Waals surface area (Å²) in [5.74, 6) is 0. The van der Waals surface area contributed by atoms with E-state index in [2.05, 4.69) is 31.9 Å². The number of halogens is 2. The molecule has 0 bridgehead atoms. The zero-order chi connectivity index (χ0) is 8.74. The number of hydrogen-bond donors (Lipinski definition) is 0. The summed E-state index contributed by atoms with van der Waals surface area (Å²) in [5.41, 5.74) is 0. The topological polar surface area (TPSA) is 18.5 Å². The van der Waals surface area contributed by atoms with Crippen LogP contribution in [-0.2, 0) is 8.85 Å². The summed E-state index contributed by atoms with van der Waals surface area (Å²) in [6.45, 7) is 0. The first-order valence-electron chi connectivity index (χ1n) is 3.47. The van der Waals surface area contributed by atoms with Crippen molar-refractivity contribution in [2.24, 2.45) is 0 Å². The van der Waals surface area contributed by atoms with Crippen molar-refractivity contribution in [3.05, 3.63) is 0 Å². The molecule has 0 aromatic rings. The lowest BCUT2D eigenvalue weighted by atomic mass is 10.9. The van der Waals surface area contributed by atoms with Crippen LogP contribution < -0.4 is 0 Å². The predicted octanol–water partition coefficient (Wildman–Crippen LogP) is 2.51. The minimum absolute atomic E-state index is 0.952. The molecule has 0 heterocycles. The van der Waals surface area contributed by atoms with Crippen molar-refractivity contribution in [2.45, 2.75) is 12.1 Å². The molecule has 2 nitrogen and oxygen atoms in total. The van der Waals surface area contributed by atoms with E-state index in [9.17, 15) is 0 Å². The molecule has 0 spiro atoms. The van der Waals surface area contributed by atoms with Crippen LogP contribution in [0.15, 0.2) is 0 Å². The molecule has 0 N–H and O–H groups in total. The zero-order valence-corrected chi connectivity index (χ0v) is 11.1. The largest absolute Gasteiger partial charge is 0.398 e. The van der Waals surface area contributed by atoms with Gasteiger partial charge >= 0.3 is 8.56 Å². The lowest BCUT2D eigenvalue weighted by Crippen LogP contribution is -2.40. The van der Waals surface area contributed by atoms with Crippen molar-refractivity contribution in [3.63, 3.8) is 0 Å². The maximum absolute atomic E-state index is 5.42. The van der Waals surface area contributed by atoms with E-state index in [0.717, 1.165) is 22.7 Å². The highest BCUT2D eigenvalue weighted by atomic mass is 79.9. The molecule has 0 saturated heterocycles. The Bertz CT molecular complexity index is 90.6. The standard InChI is InChI=1S/C6H14Br2O2Si/c1-9-11(10-2,5-3-7)6-4-8/h3-6H2,1-2H3. The van der Waals surface area contributed by atoms with E-state index in [1.807, 2.05) is 0 Å². The molecule has 0 atom stereocenters. The smallest absolute Gasteiger partial charge is 0.339 e. The molecule has 0 saturated carbocycles. The molecule has 0 radical (unpaired) electrons. The van der Waals surface area contributed by atoms with Crippen LogP contribution in [0.3, 0.4) is 0 Å². The average molecular weight is 306 g/mol. The van der Waals surface area contributed by atoms with Crippen LogP contribution in [-0.4, -0.2) is 33.4 Å². The van der Waals surface area contributed by atoms with Crippen molar-refractivity contribution in [1.82, 2.24) is 0 Å². The van der Waals surface area contributed by atoms with Gasteiger partial charge in [0.1, 0.15) is 0 Å². The lowest BCUT2D eigenvalue weighted by Gasteiger charge is -2.25. The lowest BCUT2D eigenvalue weighted by molar-refractivity contribution is 0.245. The first kappa shape index (κ1) is 12.1. The Morgan fingerprint density at radius 2 is 1.36 bits per heavy atom. The summed E-state index contributed by atoms with van der Waals surface area (Å²) in [5, 5.41) is 1.90. The monoisotopic (exact) mass is 304 g/mol. The Morgan fingerprint density at radius 3 is 1.55 bits per heavy atom. The molecular weight excluding hydrogens is 292 g/mol. The molecule has 0 unspecified atom stereocenters. The summed E-state index contributed by atoms with van der Waals surface area (Å²) < 4.78 is 10.8. The summed E-state index contributed by atoms with van der Waals surface area (Å²) in [4.78, 5) is 0. The summed E-state index contributed by atoms with van der Waals surface area (Å²) in [6.07, 6.45) is 0. The minimum atomic E-state index is -1.84. The maximum atomic E-state index is 5.42. The molecule has 0 fully saturated rings. The minimum Gasteiger partial charge on any atom is -0.398 e. The fourth-order valence-corrected chi connectivity index (χ4v) is 6.34. The molecule has 0 aliphatic rings. The SMILES string of the molecule is CO[Si](CCBr)(CCBr)OC. The van der Waals surface area contributed by atoms with Gasteiger partial charge in [0.25, 0.3) is 0 Å². The Balaban J connectivity index is 3.96. The number of rotatable bonds is 6. The molecule has 0 aliphatic carbocycles. The van der Waals surface area contributed by atoms with E-state index in [1.54, 1.807) is 14.2 Å². The van der Waals surface area contributed by atoms with Crippen LogP contribution in [0.1, 0.15) is 0 Å². The first-order chi connectivity index (χ1) is 5.24. The van der Waals surface area contributed by atoms with E-state index in [1.165, 1.54) is 0 Å². The third-order valence-electron chi connectivity index (χ3n) is 1.69. The van der Waals surface area contributed by atoms with Crippen molar-refractivity contribution >= 4 is 40.4 Å². The van der Waals surface area contributed by atoms with Crippen LogP contribution in [0.4, 0.5) is 0 Å². The Morgan fingerprint density at radius 1 is 1.00 bits per heavy atom. The highest BCUT2D eigenvalue weighted by Gasteiger charge is 2.33. The Kier molecular flexibility index (Phi) is 7.25. The van der Waals surface area contributed by atoms with E-state index < -0.39 is 8.56 Å². The quantitative estimate of drug-likeness (QED) is 0.554. The van der Waals surface area contributed by atoms with Gasteiger partial charge in [-0.1, -0.05) is 31.9 Å². The van der Waals surface area contributed by atoms with Gasteiger partial charge in [-0.2, -0.15) is 0 Å². The van der Waals surface area contributed by atoms with Crippen LogP contribution in [0.2, 0.25) is 12.1 Å². The zero-order valence-electron chi connectivity index (χ0n) is 6.90. The van der Waals surface area contributed by atoms with E-state index in [0.29, 0.717) is 0 Å². The van der Waals surface area contributed by atoms with Crippen LogP contribution in [0.25, 0.3) is 0 Å². The third-order valence-corrected chi connectivity index (χ3v) is 7.46. The highest BCUT2D eigenvalue weighted by molar-refractivity contribution is 9.09. The summed E-state index contributed by atoms with van der Waals surface area (Å²) in [6, 6.07) is 2.01. The summed E-state index contributed by atoms with van der Waals surface area (Å²) in [7, 11) is 1.64. The first-order valence-corrected chi connectivity index (χ1v) is 7.94. The van der Waals surface area contributed by atoms with Crippen molar-refractivity contribution in [3.8, 4) is 0 Å². The van der Waals surface area contributed by atoms with Gasteiger partial charge in [-0.05, 0) is 0 Å². The molecule has 0 rings (SSSR count). The van der Waals surface area contributed by atoms with Crippen LogP contribution >= 0.6 is 31.9 Å². The molecular formula is C6H14Br2O2Si. The molecule has 0 amide bonds. The third kappa shape index (κ3) is 4.03. The Hall–Kier alpha value is 1.10. The van der Waals surface area contributed by atoms with Crippen LogP contribution in [0.5, 0.6) is 0 Å². The van der Waals surface area contributed by atoms with Gasteiger partial charge < -0.3 is 8.85 Å². The molecule has 68 valence electrons. The average Bonchev–Trinajstić information content (AvgIpc) is 2.04. The summed E-state index contributed by atoms with van der Waals surface area (Å²) >= 11 is 6.79. The second-order valence-electron chi connectivity index (χ2n) is 2.20. The maximum Gasteiger partial charge on any atom is 0.339 e. The van der Waals surface area contributed by atoms with Crippen LogP contribution in [0, 0.1) is 0 Å². The van der Waals surface area contributed by atoms with E-state index in [-0.39, 0.29) is 0 Å². The predicted molar refractivity (Wildman–Crippen MR) is 57.0 cm³/mol. The van der Waals surface area contributed by atoms with Gasteiger partial charge in [0.15, 0.2) is 0 Å². The van der Waals surface area contributed by atoms with Crippen molar-refractivity contribution in [2.75, 3.05) is 24.9 Å². The Labute approximate surface area is 86.2 Å². The molecule has 0 aromatic heterocycles. The normalized spacial score (nSPS) is 12.0. The van der Waals surface area contributed by atoms with Crippen molar-refractivity contribution in [1.29, 1.82) is 0 Å². The second-order valence-corrected chi connectivity index (χ2v) is 7.42. The fraction of sp³-hybridized carbons (Fsp3) is 1.00. The number of alkyl halides is 2. The number of hydrogen-bond acceptors (Lipinski definition) is 2. The second kappa shape index (κ2) is 6.60. The van der Waals surface area contributed by atoms with Gasteiger partial charge in [-0.3, -0.25) is 0 Å². The molecule has 5 heteroatoms. The molecule has 0 aliphatic heterocycles. The van der Waals surface area contributed by atoms with Gasteiger partial charge in [0.2, 0.25) is 0 Å². The molecule has 0 aromatic carbocycles. The highest BCUT2D eigenvalue weighted by Crippen LogP contribution is 2.19. The van der Waals surface area contributed by atoms with Gasteiger partial charge in [0.05, 0.1) is 0 Å². The van der Waals surface area contributed by atoms with E-state index in [4.69, 9.17) is 8.85 Å². The fourth-order valence-electron chi connectivity index (χ4n) is 0.905. The van der Waals surface area contributed by atoms with E-state index >= 15 is 0 Å². The van der Waals surface area contributed by atoms with Gasteiger partial charge in [-0.25, -0.2) is 0 Å². The molecule has 11 heavy (non-hydrogen) atoms. The van der Waals surface area contributed by atoms with Crippen molar-refractivity contribution < 1.29 is 8.85 Å².